The number of nitrogens with zero attached hydrogens (tertiary/aromatic N) is 2. The molecule has 0 saturated heterocycles. The summed E-state index contributed by atoms with van der Waals surface area (Å²) in [6, 6.07) is 7.66. The van der Waals surface area contributed by atoms with Gasteiger partial charge in [-0.3, -0.25) is 9.78 Å². The monoisotopic (exact) mass is 269 g/mol. The topological polar surface area (TPSA) is 54.9 Å². The lowest BCUT2D eigenvalue weighted by molar-refractivity contribution is -0.116. The Morgan fingerprint density at radius 3 is 2.80 bits per heavy atom. The van der Waals surface area contributed by atoms with Crippen LogP contribution in [-0.4, -0.2) is 22.4 Å². The number of fused-ring (bicyclic) bond motifs is 1. The molecule has 4 nitrogen and oxygen atoms in total. The van der Waals surface area contributed by atoms with Crippen LogP contribution >= 0.6 is 0 Å². The van der Waals surface area contributed by atoms with Gasteiger partial charge < -0.3 is 5.32 Å². The first-order valence-corrected chi connectivity index (χ1v) is 6.83. The van der Waals surface area contributed by atoms with E-state index < -0.39 is 0 Å². The molecule has 104 valence electrons. The van der Waals surface area contributed by atoms with Crippen molar-refractivity contribution in [3.8, 4) is 0 Å². The Bertz CT molecular complexity index is 620. The number of hydrogen-bond donors (Lipinski definition) is 1. The van der Waals surface area contributed by atoms with Gasteiger partial charge in [-0.25, -0.2) is 4.98 Å². The van der Waals surface area contributed by atoms with Gasteiger partial charge in [-0.2, -0.15) is 0 Å². The molecule has 0 aliphatic heterocycles. The lowest BCUT2D eigenvalue weighted by Crippen LogP contribution is -2.23. The van der Waals surface area contributed by atoms with E-state index in [0.29, 0.717) is 18.2 Å². The van der Waals surface area contributed by atoms with Crippen LogP contribution < -0.4 is 5.32 Å². The van der Waals surface area contributed by atoms with E-state index in [1.807, 2.05) is 24.3 Å². The molecular weight excluding hydrogens is 250 g/mol. The molecule has 0 fully saturated rings. The van der Waals surface area contributed by atoms with Crippen LogP contribution in [-0.2, 0) is 4.79 Å². The molecule has 2 aromatic rings. The summed E-state index contributed by atoms with van der Waals surface area (Å²) in [4.78, 5) is 20.3. The predicted molar refractivity (Wildman–Crippen MR) is 81.0 cm³/mol. The SMILES string of the molecule is CC(C)CCNC(=O)/C=C/c1cnc2ccccc2n1. The van der Waals surface area contributed by atoms with Crippen LogP contribution in [0.3, 0.4) is 0 Å². The van der Waals surface area contributed by atoms with Crippen molar-refractivity contribution < 1.29 is 4.79 Å². The minimum absolute atomic E-state index is 0.0967. The zero-order valence-electron chi connectivity index (χ0n) is 11.8. The number of amides is 1. The fourth-order valence-corrected chi connectivity index (χ4v) is 1.76. The molecule has 0 aliphatic carbocycles. The van der Waals surface area contributed by atoms with E-state index in [4.69, 9.17) is 0 Å². The minimum Gasteiger partial charge on any atom is -0.353 e. The average molecular weight is 269 g/mol. The van der Waals surface area contributed by atoms with E-state index in [2.05, 4.69) is 29.1 Å². The maximum atomic E-state index is 11.6. The Morgan fingerprint density at radius 2 is 2.05 bits per heavy atom. The molecule has 0 spiro atoms. The summed E-state index contributed by atoms with van der Waals surface area (Å²) in [6.45, 7) is 4.96. The van der Waals surface area contributed by atoms with Crippen LogP contribution in [0.2, 0.25) is 0 Å². The summed E-state index contributed by atoms with van der Waals surface area (Å²) in [6.07, 6.45) is 5.83. The lowest BCUT2D eigenvalue weighted by atomic mass is 10.1. The first-order chi connectivity index (χ1) is 9.65. The Morgan fingerprint density at radius 1 is 1.30 bits per heavy atom. The molecule has 20 heavy (non-hydrogen) atoms. The number of nitrogens with one attached hydrogen (secondary N) is 1. The molecule has 4 heteroatoms. The van der Waals surface area contributed by atoms with E-state index in [0.717, 1.165) is 17.5 Å². The normalized spacial score (nSPS) is 11.3. The predicted octanol–water partition coefficient (Wildman–Crippen LogP) is 2.81. The van der Waals surface area contributed by atoms with Crippen LogP contribution in [0.4, 0.5) is 0 Å². The molecule has 0 atom stereocenters. The zero-order valence-corrected chi connectivity index (χ0v) is 11.8. The number of rotatable bonds is 5. The first kappa shape index (κ1) is 14.2. The number of benzene rings is 1. The van der Waals surface area contributed by atoms with Gasteiger partial charge >= 0.3 is 0 Å². The molecule has 1 N–H and O–H groups in total. The molecule has 1 amide bonds. The standard InChI is InChI=1S/C16H19N3O/c1-12(2)9-10-17-16(20)8-7-13-11-18-14-5-3-4-6-15(14)19-13/h3-8,11-12H,9-10H2,1-2H3,(H,17,20)/b8-7+. The highest BCUT2D eigenvalue weighted by Gasteiger charge is 1.99. The fraction of sp³-hybridized carbons (Fsp3) is 0.312. The molecule has 0 bridgehead atoms. The van der Waals surface area contributed by atoms with Crippen LogP contribution in [0.5, 0.6) is 0 Å². The molecule has 0 radical (unpaired) electrons. The maximum absolute atomic E-state index is 11.6. The van der Waals surface area contributed by atoms with E-state index in [1.165, 1.54) is 6.08 Å². The van der Waals surface area contributed by atoms with Crippen molar-refractivity contribution in [2.45, 2.75) is 20.3 Å². The fourth-order valence-electron chi connectivity index (χ4n) is 1.76. The molecular formula is C16H19N3O. The molecule has 0 unspecified atom stereocenters. The Kier molecular flexibility index (Phi) is 4.82. The van der Waals surface area contributed by atoms with Gasteiger partial charge in [-0.15, -0.1) is 0 Å². The van der Waals surface area contributed by atoms with Crippen LogP contribution in [0.15, 0.2) is 36.5 Å². The zero-order chi connectivity index (χ0) is 14.4. The average Bonchev–Trinajstić information content (AvgIpc) is 2.44. The molecule has 1 aromatic heterocycles. The number of aromatic nitrogens is 2. The van der Waals surface area contributed by atoms with Gasteiger partial charge in [0.15, 0.2) is 0 Å². The molecule has 0 saturated carbocycles. The van der Waals surface area contributed by atoms with Crippen molar-refractivity contribution >= 4 is 23.0 Å². The largest absolute Gasteiger partial charge is 0.353 e. The van der Waals surface area contributed by atoms with Crippen molar-refractivity contribution in [1.29, 1.82) is 0 Å². The lowest BCUT2D eigenvalue weighted by Gasteiger charge is -2.04. The molecule has 1 aromatic carbocycles. The van der Waals surface area contributed by atoms with Crippen molar-refractivity contribution in [2.75, 3.05) is 6.54 Å². The van der Waals surface area contributed by atoms with Crippen LogP contribution in [0.1, 0.15) is 26.0 Å². The van der Waals surface area contributed by atoms with Crippen molar-refractivity contribution in [3.05, 3.63) is 42.2 Å². The quantitative estimate of drug-likeness (QED) is 0.849. The molecule has 2 rings (SSSR count). The van der Waals surface area contributed by atoms with Crippen molar-refractivity contribution in [2.24, 2.45) is 5.92 Å². The van der Waals surface area contributed by atoms with Gasteiger partial charge in [0, 0.05) is 12.6 Å². The van der Waals surface area contributed by atoms with Gasteiger partial charge in [-0.05, 0) is 30.5 Å². The molecule has 0 aliphatic rings. The highest BCUT2D eigenvalue weighted by Crippen LogP contribution is 2.09. The summed E-state index contributed by atoms with van der Waals surface area (Å²) >= 11 is 0. The second kappa shape index (κ2) is 6.80. The van der Waals surface area contributed by atoms with Crippen LogP contribution in [0, 0.1) is 5.92 Å². The van der Waals surface area contributed by atoms with Gasteiger partial charge in [0.2, 0.25) is 5.91 Å². The van der Waals surface area contributed by atoms with Gasteiger partial charge in [0.25, 0.3) is 0 Å². The smallest absolute Gasteiger partial charge is 0.244 e. The second-order valence-corrected chi connectivity index (χ2v) is 5.09. The number of carbonyl (C=O) groups is 1. The highest BCUT2D eigenvalue weighted by molar-refractivity contribution is 5.91. The third kappa shape index (κ3) is 4.16. The third-order valence-electron chi connectivity index (χ3n) is 2.89. The van der Waals surface area contributed by atoms with E-state index >= 15 is 0 Å². The number of hydrogen-bond acceptors (Lipinski definition) is 3. The molecule has 1 heterocycles. The summed E-state index contributed by atoms with van der Waals surface area (Å²) < 4.78 is 0. The first-order valence-electron chi connectivity index (χ1n) is 6.83. The Hall–Kier alpha value is -2.23. The van der Waals surface area contributed by atoms with E-state index in [-0.39, 0.29) is 5.91 Å². The van der Waals surface area contributed by atoms with E-state index in [9.17, 15) is 4.79 Å². The van der Waals surface area contributed by atoms with Gasteiger partial charge in [0.05, 0.1) is 22.9 Å². The Labute approximate surface area is 118 Å². The second-order valence-electron chi connectivity index (χ2n) is 5.09. The van der Waals surface area contributed by atoms with Crippen molar-refractivity contribution in [3.63, 3.8) is 0 Å². The van der Waals surface area contributed by atoms with Gasteiger partial charge in [-0.1, -0.05) is 26.0 Å². The van der Waals surface area contributed by atoms with Crippen LogP contribution in [0.25, 0.3) is 17.1 Å². The summed E-state index contributed by atoms with van der Waals surface area (Å²) in [5.41, 5.74) is 2.36. The minimum atomic E-state index is -0.0967. The summed E-state index contributed by atoms with van der Waals surface area (Å²) in [5.74, 6) is 0.492. The highest BCUT2D eigenvalue weighted by atomic mass is 16.1. The van der Waals surface area contributed by atoms with E-state index in [1.54, 1.807) is 12.3 Å². The van der Waals surface area contributed by atoms with Crippen molar-refractivity contribution in [1.82, 2.24) is 15.3 Å². The summed E-state index contributed by atoms with van der Waals surface area (Å²) in [7, 11) is 0. The summed E-state index contributed by atoms with van der Waals surface area (Å²) in [5, 5.41) is 2.85. The number of carbonyl (C=O) groups excluding carboxylic acids is 1. The Balaban J connectivity index is 1.97. The van der Waals surface area contributed by atoms with Gasteiger partial charge in [0.1, 0.15) is 0 Å². The number of para-hydroxylation sites is 2. The third-order valence-corrected chi connectivity index (χ3v) is 2.89. The maximum Gasteiger partial charge on any atom is 0.244 e.